The number of aromatic carboxylic acids is 1. The zero-order valence-electron chi connectivity index (χ0n) is 10.8. The second kappa shape index (κ2) is 5.05. The second-order valence-corrected chi connectivity index (χ2v) is 4.00. The first-order valence-electron chi connectivity index (χ1n) is 6.00. The van der Waals surface area contributed by atoms with Crippen molar-refractivity contribution in [1.29, 1.82) is 0 Å². The lowest BCUT2D eigenvalue weighted by Crippen LogP contribution is -2.09. The Morgan fingerprint density at radius 2 is 2.16 bits per heavy atom. The number of hydrogen-bond donors (Lipinski definition) is 2. The van der Waals surface area contributed by atoms with E-state index in [0.29, 0.717) is 24.5 Å². The second-order valence-electron chi connectivity index (χ2n) is 4.00. The van der Waals surface area contributed by atoms with Gasteiger partial charge in [0.25, 0.3) is 0 Å². The smallest absolute Gasteiger partial charge is 0.337 e. The zero-order valence-corrected chi connectivity index (χ0v) is 10.8. The topological polar surface area (TPSA) is 107 Å². The van der Waals surface area contributed by atoms with Gasteiger partial charge in [-0.15, -0.1) is 5.10 Å². The van der Waals surface area contributed by atoms with Crippen molar-refractivity contribution in [3.05, 3.63) is 29.5 Å². The Balaban J connectivity index is 2.55. The molecule has 0 fully saturated rings. The van der Waals surface area contributed by atoms with E-state index in [1.807, 2.05) is 13.8 Å². The van der Waals surface area contributed by atoms with E-state index in [1.165, 1.54) is 12.3 Å². The fourth-order valence-electron chi connectivity index (χ4n) is 1.71. The molecule has 0 amide bonds. The van der Waals surface area contributed by atoms with E-state index in [-0.39, 0.29) is 11.3 Å². The van der Waals surface area contributed by atoms with Gasteiger partial charge in [0, 0.05) is 12.8 Å². The molecule has 19 heavy (non-hydrogen) atoms. The Kier molecular flexibility index (Phi) is 3.46. The molecule has 7 nitrogen and oxygen atoms in total. The van der Waals surface area contributed by atoms with Crippen LogP contribution >= 0.6 is 0 Å². The molecule has 100 valence electrons. The molecule has 2 aromatic rings. The van der Waals surface area contributed by atoms with Crippen LogP contribution in [-0.2, 0) is 12.8 Å². The molecule has 0 atom stereocenters. The molecule has 0 aliphatic carbocycles. The van der Waals surface area contributed by atoms with Gasteiger partial charge in [-0.2, -0.15) is 4.68 Å². The Morgan fingerprint density at radius 3 is 2.74 bits per heavy atom. The SMILES string of the molecule is CCc1nc(CC)n(-c2cc(C(=O)O)c(N)cn2)n1. The molecule has 0 unspecified atom stereocenters. The van der Waals surface area contributed by atoms with Crippen LogP contribution in [0.2, 0.25) is 0 Å². The van der Waals surface area contributed by atoms with Crippen LogP contribution in [0.25, 0.3) is 5.82 Å². The first kappa shape index (κ1) is 13.0. The summed E-state index contributed by atoms with van der Waals surface area (Å²) in [6.07, 6.45) is 2.72. The molecule has 3 N–H and O–H groups in total. The van der Waals surface area contributed by atoms with Crippen molar-refractivity contribution in [1.82, 2.24) is 19.7 Å². The number of carboxylic acid groups (broad SMARTS) is 1. The third kappa shape index (κ3) is 2.40. The van der Waals surface area contributed by atoms with Gasteiger partial charge >= 0.3 is 5.97 Å². The predicted molar refractivity (Wildman–Crippen MR) is 69.3 cm³/mol. The van der Waals surface area contributed by atoms with E-state index in [1.54, 1.807) is 4.68 Å². The maximum absolute atomic E-state index is 11.1. The van der Waals surface area contributed by atoms with Crippen LogP contribution in [0.1, 0.15) is 35.9 Å². The lowest BCUT2D eigenvalue weighted by Gasteiger charge is -2.06. The Labute approximate surface area is 110 Å². The number of rotatable bonds is 4. The average Bonchev–Trinajstić information content (AvgIpc) is 2.82. The minimum Gasteiger partial charge on any atom is -0.478 e. The van der Waals surface area contributed by atoms with E-state index in [9.17, 15) is 4.79 Å². The molecule has 0 bridgehead atoms. The van der Waals surface area contributed by atoms with Crippen molar-refractivity contribution in [3.63, 3.8) is 0 Å². The largest absolute Gasteiger partial charge is 0.478 e. The summed E-state index contributed by atoms with van der Waals surface area (Å²) < 4.78 is 1.56. The van der Waals surface area contributed by atoms with Gasteiger partial charge in [-0.1, -0.05) is 13.8 Å². The Bertz CT molecular complexity index is 621. The molecule has 0 saturated heterocycles. The summed E-state index contributed by atoms with van der Waals surface area (Å²) in [7, 11) is 0. The molecule has 0 saturated carbocycles. The molecule has 2 aromatic heterocycles. The summed E-state index contributed by atoms with van der Waals surface area (Å²) in [6, 6.07) is 1.41. The van der Waals surface area contributed by atoms with Gasteiger partial charge in [-0.05, 0) is 6.07 Å². The molecule has 0 spiro atoms. The summed E-state index contributed by atoms with van der Waals surface area (Å²) in [5.74, 6) is 0.767. The summed E-state index contributed by atoms with van der Waals surface area (Å²) in [5.41, 5.74) is 5.73. The summed E-state index contributed by atoms with van der Waals surface area (Å²) in [4.78, 5) is 19.5. The number of hydrogen-bond acceptors (Lipinski definition) is 5. The predicted octanol–water partition coefficient (Wildman–Crippen LogP) is 1.07. The third-order valence-electron chi connectivity index (χ3n) is 2.72. The molecular weight excluding hydrogens is 246 g/mol. The minimum absolute atomic E-state index is 0.0144. The maximum Gasteiger partial charge on any atom is 0.337 e. The molecule has 2 heterocycles. The summed E-state index contributed by atoms with van der Waals surface area (Å²) >= 11 is 0. The molecule has 0 radical (unpaired) electrons. The maximum atomic E-state index is 11.1. The van der Waals surface area contributed by atoms with Gasteiger partial charge in [0.05, 0.1) is 17.4 Å². The van der Waals surface area contributed by atoms with Crippen molar-refractivity contribution >= 4 is 11.7 Å². The molecule has 0 aliphatic heterocycles. The number of carbonyl (C=O) groups is 1. The van der Waals surface area contributed by atoms with Crippen LogP contribution in [0, 0.1) is 0 Å². The van der Waals surface area contributed by atoms with Crippen LogP contribution in [0.15, 0.2) is 12.3 Å². The highest BCUT2D eigenvalue weighted by atomic mass is 16.4. The van der Waals surface area contributed by atoms with E-state index in [0.717, 1.165) is 5.82 Å². The molecule has 7 heteroatoms. The number of nitrogens with two attached hydrogens (primary N) is 1. The highest BCUT2D eigenvalue weighted by Crippen LogP contribution is 2.15. The van der Waals surface area contributed by atoms with Crippen molar-refractivity contribution in [2.45, 2.75) is 26.7 Å². The summed E-state index contributed by atoms with van der Waals surface area (Å²) in [5, 5.41) is 13.4. The fraction of sp³-hybridized carbons (Fsp3) is 0.333. The van der Waals surface area contributed by atoms with Crippen molar-refractivity contribution in [2.75, 3.05) is 5.73 Å². The molecular formula is C12H15N5O2. The highest BCUT2D eigenvalue weighted by Gasteiger charge is 2.14. The van der Waals surface area contributed by atoms with Crippen LogP contribution in [0.5, 0.6) is 0 Å². The highest BCUT2D eigenvalue weighted by molar-refractivity contribution is 5.93. The zero-order chi connectivity index (χ0) is 14.0. The number of nitrogen functional groups attached to an aromatic ring is 1. The van der Waals surface area contributed by atoms with Gasteiger partial charge in [0.15, 0.2) is 11.6 Å². The first-order chi connectivity index (χ1) is 9.06. The quantitative estimate of drug-likeness (QED) is 0.852. The van der Waals surface area contributed by atoms with E-state index < -0.39 is 5.97 Å². The fourth-order valence-corrected chi connectivity index (χ4v) is 1.71. The molecule has 0 aromatic carbocycles. The number of carboxylic acids is 1. The lowest BCUT2D eigenvalue weighted by atomic mass is 10.2. The van der Waals surface area contributed by atoms with E-state index in [2.05, 4.69) is 15.1 Å². The van der Waals surface area contributed by atoms with Gasteiger partial charge in [0.1, 0.15) is 5.82 Å². The van der Waals surface area contributed by atoms with Gasteiger partial charge in [-0.25, -0.2) is 14.8 Å². The number of nitrogens with zero attached hydrogens (tertiary/aromatic N) is 4. The standard InChI is InChI=1S/C12H15N5O2/c1-3-9-15-10(4-2)17(16-9)11-5-7(12(18)19)8(13)6-14-11/h5-6H,3-4,13H2,1-2H3,(H,18,19). The Hall–Kier alpha value is -2.44. The van der Waals surface area contributed by atoms with Crippen LogP contribution < -0.4 is 5.73 Å². The van der Waals surface area contributed by atoms with Gasteiger partial charge < -0.3 is 10.8 Å². The summed E-state index contributed by atoms with van der Waals surface area (Å²) in [6.45, 7) is 3.91. The van der Waals surface area contributed by atoms with E-state index >= 15 is 0 Å². The third-order valence-corrected chi connectivity index (χ3v) is 2.72. The average molecular weight is 261 g/mol. The lowest BCUT2D eigenvalue weighted by molar-refractivity contribution is 0.0698. The molecule has 0 aliphatic rings. The van der Waals surface area contributed by atoms with Gasteiger partial charge in [0.2, 0.25) is 0 Å². The Morgan fingerprint density at radius 1 is 1.42 bits per heavy atom. The van der Waals surface area contributed by atoms with Gasteiger partial charge in [-0.3, -0.25) is 0 Å². The van der Waals surface area contributed by atoms with Crippen molar-refractivity contribution in [3.8, 4) is 5.82 Å². The number of aryl methyl sites for hydroxylation is 2. The van der Waals surface area contributed by atoms with Crippen LogP contribution in [0.4, 0.5) is 5.69 Å². The van der Waals surface area contributed by atoms with Crippen molar-refractivity contribution in [2.24, 2.45) is 0 Å². The normalized spacial score (nSPS) is 10.6. The monoisotopic (exact) mass is 261 g/mol. The molecule has 2 rings (SSSR count). The number of anilines is 1. The number of aromatic nitrogens is 4. The van der Waals surface area contributed by atoms with E-state index in [4.69, 9.17) is 10.8 Å². The van der Waals surface area contributed by atoms with Crippen LogP contribution in [-0.4, -0.2) is 30.8 Å². The number of pyridine rings is 1. The van der Waals surface area contributed by atoms with Crippen molar-refractivity contribution < 1.29 is 9.90 Å². The minimum atomic E-state index is -1.09. The first-order valence-corrected chi connectivity index (χ1v) is 6.00. The van der Waals surface area contributed by atoms with Crippen LogP contribution in [0.3, 0.4) is 0 Å².